The van der Waals surface area contributed by atoms with Crippen molar-refractivity contribution in [3.8, 4) is 0 Å². The molecule has 1 N–H and O–H groups in total. The summed E-state index contributed by atoms with van der Waals surface area (Å²) in [5, 5.41) is 8.78. The van der Waals surface area contributed by atoms with Crippen LogP contribution in [0, 0.1) is 5.92 Å². The van der Waals surface area contributed by atoms with Gasteiger partial charge in [0, 0.05) is 36.7 Å². The van der Waals surface area contributed by atoms with Gasteiger partial charge in [0.25, 0.3) is 5.91 Å². The molecule has 0 bridgehead atoms. The first kappa shape index (κ1) is 16.1. The number of aliphatic carboxylic acids is 1. The number of aromatic nitrogens is 1. The number of amides is 1. The quantitative estimate of drug-likeness (QED) is 0.881. The molecule has 1 saturated heterocycles. The highest BCUT2D eigenvalue weighted by Gasteiger charge is 2.26. The normalized spacial score (nSPS) is 18.8. The Morgan fingerprint density at radius 2 is 2.24 bits per heavy atom. The number of rotatable bonds is 5. The number of carboxylic acids is 1. The van der Waals surface area contributed by atoms with Crippen LogP contribution in [-0.2, 0) is 11.3 Å². The van der Waals surface area contributed by atoms with Crippen molar-refractivity contribution in [1.29, 1.82) is 0 Å². The summed E-state index contributed by atoms with van der Waals surface area (Å²) < 4.78 is 2.85. The summed E-state index contributed by atoms with van der Waals surface area (Å²) in [5.74, 6) is -0.419. The van der Waals surface area contributed by atoms with Gasteiger partial charge in [-0.25, -0.2) is 0 Å². The van der Waals surface area contributed by atoms with Gasteiger partial charge in [-0.1, -0.05) is 0 Å². The van der Waals surface area contributed by atoms with Gasteiger partial charge in [-0.05, 0) is 54.1 Å². The van der Waals surface area contributed by atoms with E-state index < -0.39 is 5.97 Å². The minimum Gasteiger partial charge on any atom is -0.481 e. The Kier molecular flexibility index (Phi) is 5.45. The largest absolute Gasteiger partial charge is 0.481 e. The van der Waals surface area contributed by atoms with Crippen LogP contribution in [0.4, 0.5) is 0 Å². The van der Waals surface area contributed by atoms with E-state index in [-0.39, 0.29) is 12.3 Å². The summed E-state index contributed by atoms with van der Waals surface area (Å²) >= 11 is 3.41. The van der Waals surface area contributed by atoms with Gasteiger partial charge in [-0.15, -0.1) is 0 Å². The maximum absolute atomic E-state index is 12.6. The summed E-state index contributed by atoms with van der Waals surface area (Å²) in [5.41, 5.74) is 0.697. The number of carboxylic acid groups (broad SMARTS) is 1. The van der Waals surface area contributed by atoms with E-state index in [0.29, 0.717) is 24.6 Å². The molecular formula is C15H21BrN2O3. The second-order valence-corrected chi connectivity index (χ2v) is 6.44. The molecule has 0 aromatic carbocycles. The number of carbonyl (C=O) groups is 2. The summed E-state index contributed by atoms with van der Waals surface area (Å²) in [6, 6.07) is 1.85. The lowest BCUT2D eigenvalue weighted by atomic mass is 9.93. The molecule has 1 fully saturated rings. The van der Waals surface area contributed by atoms with Crippen molar-refractivity contribution < 1.29 is 14.7 Å². The highest BCUT2D eigenvalue weighted by molar-refractivity contribution is 9.10. The molecule has 1 amide bonds. The summed E-state index contributed by atoms with van der Waals surface area (Å²) in [4.78, 5) is 25.2. The fourth-order valence-electron chi connectivity index (χ4n) is 2.89. The Bertz CT molecular complexity index is 527. The third-order valence-corrected chi connectivity index (χ3v) is 4.43. The highest BCUT2D eigenvalue weighted by Crippen LogP contribution is 2.24. The highest BCUT2D eigenvalue weighted by atomic mass is 79.9. The number of piperidine rings is 1. The van der Waals surface area contributed by atoms with Crippen molar-refractivity contribution in [1.82, 2.24) is 9.47 Å². The zero-order valence-corrected chi connectivity index (χ0v) is 13.8. The van der Waals surface area contributed by atoms with Gasteiger partial charge >= 0.3 is 5.97 Å². The van der Waals surface area contributed by atoms with Crippen molar-refractivity contribution in [2.24, 2.45) is 5.92 Å². The van der Waals surface area contributed by atoms with Crippen LogP contribution >= 0.6 is 15.9 Å². The van der Waals surface area contributed by atoms with E-state index in [0.717, 1.165) is 30.4 Å². The first-order valence-corrected chi connectivity index (χ1v) is 8.17. The molecule has 0 radical (unpaired) electrons. The van der Waals surface area contributed by atoms with Crippen LogP contribution in [0.1, 0.15) is 43.1 Å². The second-order valence-electron chi connectivity index (χ2n) is 5.52. The number of hydrogen-bond acceptors (Lipinski definition) is 2. The van der Waals surface area contributed by atoms with Gasteiger partial charge in [-0.2, -0.15) is 0 Å². The third-order valence-electron chi connectivity index (χ3n) is 4.00. The average molecular weight is 357 g/mol. The number of carbonyl (C=O) groups excluding carboxylic acids is 1. The fraction of sp³-hybridized carbons (Fsp3) is 0.600. The van der Waals surface area contributed by atoms with E-state index in [1.807, 2.05) is 28.7 Å². The molecule has 0 unspecified atom stereocenters. The molecule has 2 heterocycles. The van der Waals surface area contributed by atoms with Gasteiger partial charge in [0.1, 0.15) is 5.69 Å². The number of aryl methyl sites for hydroxylation is 1. The van der Waals surface area contributed by atoms with Crippen LogP contribution < -0.4 is 0 Å². The third kappa shape index (κ3) is 4.09. The molecule has 1 aliphatic rings. The Morgan fingerprint density at radius 1 is 1.48 bits per heavy atom. The number of hydrogen-bond donors (Lipinski definition) is 1. The topological polar surface area (TPSA) is 62.5 Å². The molecule has 0 aliphatic carbocycles. The van der Waals surface area contributed by atoms with Gasteiger partial charge in [0.05, 0.1) is 0 Å². The van der Waals surface area contributed by atoms with Crippen molar-refractivity contribution in [2.75, 3.05) is 13.1 Å². The van der Waals surface area contributed by atoms with E-state index in [1.165, 1.54) is 0 Å². The molecule has 21 heavy (non-hydrogen) atoms. The molecule has 5 nitrogen and oxygen atoms in total. The number of halogens is 1. The summed E-state index contributed by atoms with van der Waals surface area (Å²) in [6.45, 7) is 4.19. The molecule has 1 aromatic heterocycles. The molecule has 0 spiro atoms. The molecular weight excluding hydrogens is 336 g/mol. The van der Waals surface area contributed by atoms with Crippen molar-refractivity contribution >= 4 is 27.8 Å². The molecule has 116 valence electrons. The van der Waals surface area contributed by atoms with Crippen LogP contribution in [-0.4, -0.2) is 39.5 Å². The Labute approximate surface area is 133 Å². The smallest absolute Gasteiger partial charge is 0.303 e. The number of nitrogens with zero attached hydrogens (tertiary/aromatic N) is 2. The maximum Gasteiger partial charge on any atom is 0.303 e. The predicted octanol–water partition coefficient (Wildman–Crippen LogP) is 2.99. The monoisotopic (exact) mass is 356 g/mol. The zero-order chi connectivity index (χ0) is 15.4. The van der Waals surface area contributed by atoms with E-state index in [2.05, 4.69) is 15.9 Å². The van der Waals surface area contributed by atoms with Crippen molar-refractivity contribution in [3.05, 3.63) is 22.4 Å². The fourth-order valence-corrected chi connectivity index (χ4v) is 3.35. The first-order chi connectivity index (χ1) is 10.0. The van der Waals surface area contributed by atoms with E-state index >= 15 is 0 Å². The molecule has 2 rings (SSSR count). The summed E-state index contributed by atoms with van der Waals surface area (Å²) in [6.07, 6.45) is 4.71. The van der Waals surface area contributed by atoms with Gasteiger partial charge in [0.2, 0.25) is 0 Å². The lowest BCUT2D eigenvalue weighted by Gasteiger charge is -2.32. The van der Waals surface area contributed by atoms with Crippen LogP contribution in [0.3, 0.4) is 0 Å². The molecule has 1 atom stereocenters. The van der Waals surface area contributed by atoms with Crippen LogP contribution in [0.5, 0.6) is 0 Å². The average Bonchev–Trinajstić information content (AvgIpc) is 2.85. The van der Waals surface area contributed by atoms with Gasteiger partial charge in [0.15, 0.2) is 0 Å². The Morgan fingerprint density at radius 3 is 2.90 bits per heavy atom. The van der Waals surface area contributed by atoms with E-state index in [9.17, 15) is 9.59 Å². The second kappa shape index (κ2) is 7.11. The van der Waals surface area contributed by atoms with E-state index in [4.69, 9.17) is 5.11 Å². The van der Waals surface area contributed by atoms with Crippen molar-refractivity contribution in [2.45, 2.75) is 39.2 Å². The lowest BCUT2D eigenvalue weighted by Crippen LogP contribution is -2.40. The Balaban J connectivity index is 2.03. The molecule has 1 aromatic rings. The van der Waals surface area contributed by atoms with Gasteiger partial charge < -0.3 is 14.6 Å². The minimum absolute atomic E-state index is 0.0441. The zero-order valence-electron chi connectivity index (χ0n) is 12.2. The SMILES string of the molecule is CCn1cc(Br)cc1C(=O)N1CCC[C@H](CCC(=O)O)C1. The maximum atomic E-state index is 12.6. The molecule has 0 saturated carbocycles. The minimum atomic E-state index is -0.762. The van der Waals surface area contributed by atoms with E-state index in [1.54, 1.807) is 0 Å². The Hall–Kier alpha value is -1.30. The lowest BCUT2D eigenvalue weighted by molar-refractivity contribution is -0.137. The van der Waals surface area contributed by atoms with Crippen LogP contribution in [0.25, 0.3) is 0 Å². The predicted molar refractivity (Wildman–Crippen MR) is 83.3 cm³/mol. The van der Waals surface area contributed by atoms with Gasteiger partial charge in [-0.3, -0.25) is 9.59 Å². The van der Waals surface area contributed by atoms with Crippen molar-refractivity contribution in [3.63, 3.8) is 0 Å². The summed E-state index contributed by atoms with van der Waals surface area (Å²) in [7, 11) is 0. The molecule has 6 heteroatoms. The number of likely N-dealkylation sites (tertiary alicyclic amines) is 1. The van der Waals surface area contributed by atoms with Crippen LogP contribution in [0.15, 0.2) is 16.7 Å². The first-order valence-electron chi connectivity index (χ1n) is 7.38. The molecule has 1 aliphatic heterocycles. The standard InChI is InChI=1S/C15H21BrN2O3/c1-2-17-10-12(16)8-13(17)15(21)18-7-3-4-11(9-18)5-6-14(19)20/h8,10-11H,2-7,9H2,1H3,(H,19,20)/t11-/m1/s1. The van der Waals surface area contributed by atoms with Crippen LogP contribution in [0.2, 0.25) is 0 Å².